The van der Waals surface area contributed by atoms with E-state index in [1.165, 1.54) is 4.90 Å². The van der Waals surface area contributed by atoms with Gasteiger partial charge in [-0.2, -0.15) is 0 Å². The standard InChI is InChI=1S/C13H23N3O3/c1-3-9(4-2)16-12(18)8-10(13(16)19)15-7-5-6-11(14)17/h9-10,15H,3-8H2,1-2H3,(H2,14,17). The second-order valence-corrected chi connectivity index (χ2v) is 4.85. The summed E-state index contributed by atoms with van der Waals surface area (Å²) in [5, 5.41) is 3.03. The zero-order chi connectivity index (χ0) is 14.4. The van der Waals surface area contributed by atoms with Crippen LogP contribution in [0.25, 0.3) is 0 Å². The number of amides is 3. The fraction of sp³-hybridized carbons (Fsp3) is 0.769. The highest BCUT2D eigenvalue weighted by Gasteiger charge is 2.40. The Morgan fingerprint density at radius 1 is 1.42 bits per heavy atom. The number of likely N-dealkylation sites (tertiary alicyclic amines) is 1. The Balaban J connectivity index is 2.48. The van der Waals surface area contributed by atoms with Gasteiger partial charge in [0.05, 0.1) is 12.5 Å². The van der Waals surface area contributed by atoms with E-state index in [4.69, 9.17) is 5.73 Å². The fourth-order valence-corrected chi connectivity index (χ4v) is 2.39. The van der Waals surface area contributed by atoms with E-state index in [0.717, 1.165) is 12.8 Å². The molecule has 1 fully saturated rings. The smallest absolute Gasteiger partial charge is 0.247 e. The van der Waals surface area contributed by atoms with Gasteiger partial charge in [0.1, 0.15) is 0 Å². The van der Waals surface area contributed by atoms with E-state index in [0.29, 0.717) is 13.0 Å². The summed E-state index contributed by atoms with van der Waals surface area (Å²) in [6.45, 7) is 4.47. The number of rotatable bonds is 8. The third kappa shape index (κ3) is 4.02. The molecule has 0 aromatic heterocycles. The third-order valence-electron chi connectivity index (χ3n) is 3.48. The molecule has 19 heavy (non-hydrogen) atoms. The van der Waals surface area contributed by atoms with Gasteiger partial charge in [-0.05, 0) is 25.8 Å². The highest BCUT2D eigenvalue weighted by molar-refractivity contribution is 6.05. The normalized spacial score (nSPS) is 19.5. The molecule has 108 valence electrons. The van der Waals surface area contributed by atoms with Crippen molar-refractivity contribution in [3.8, 4) is 0 Å². The van der Waals surface area contributed by atoms with Crippen molar-refractivity contribution in [3.05, 3.63) is 0 Å². The molecular formula is C13H23N3O3. The minimum Gasteiger partial charge on any atom is -0.370 e. The molecule has 1 atom stereocenters. The van der Waals surface area contributed by atoms with Crippen molar-refractivity contribution in [2.75, 3.05) is 6.54 Å². The maximum Gasteiger partial charge on any atom is 0.247 e. The summed E-state index contributed by atoms with van der Waals surface area (Å²) >= 11 is 0. The largest absolute Gasteiger partial charge is 0.370 e. The second-order valence-electron chi connectivity index (χ2n) is 4.85. The highest BCUT2D eigenvalue weighted by atomic mass is 16.2. The first kappa shape index (κ1) is 15.6. The van der Waals surface area contributed by atoms with Gasteiger partial charge in [-0.3, -0.25) is 19.3 Å². The van der Waals surface area contributed by atoms with Crippen molar-refractivity contribution in [2.45, 2.75) is 58.0 Å². The number of nitrogens with one attached hydrogen (secondary N) is 1. The number of primary amides is 1. The summed E-state index contributed by atoms with van der Waals surface area (Å²) in [5.41, 5.74) is 5.04. The van der Waals surface area contributed by atoms with Crippen LogP contribution in [-0.4, -0.2) is 41.2 Å². The maximum atomic E-state index is 12.2. The number of imide groups is 1. The van der Waals surface area contributed by atoms with Gasteiger partial charge in [-0.15, -0.1) is 0 Å². The Hall–Kier alpha value is -1.43. The van der Waals surface area contributed by atoms with Crippen LogP contribution in [0.15, 0.2) is 0 Å². The molecule has 1 aliphatic rings. The van der Waals surface area contributed by atoms with E-state index in [2.05, 4.69) is 5.32 Å². The lowest BCUT2D eigenvalue weighted by molar-refractivity contribution is -0.141. The number of hydrogen-bond donors (Lipinski definition) is 2. The Kier molecular flexibility index (Phi) is 5.95. The molecule has 1 rings (SSSR count). The van der Waals surface area contributed by atoms with E-state index >= 15 is 0 Å². The van der Waals surface area contributed by atoms with Gasteiger partial charge in [0.2, 0.25) is 17.7 Å². The predicted octanol–water partition coefficient (Wildman–Crippen LogP) is 0.158. The average molecular weight is 269 g/mol. The molecule has 6 heteroatoms. The molecule has 0 aromatic rings. The van der Waals surface area contributed by atoms with Gasteiger partial charge in [-0.1, -0.05) is 13.8 Å². The lowest BCUT2D eigenvalue weighted by Gasteiger charge is -2.24. The van der Waals surface area contributed by atoms with Crippen LogP contribution in [0.1, 0.15) is 46.0 Å². The third-order valence-corrected chi connectivity index (χ3v) is 3.48. The van der Waals surface area contributed by atoms with Crippen LogP contribution in [0.2, 0.25) is 0 Å². The zero-order valence-electron chi connectivity index (χ0n) is 11.6. The lowest BCUT2D eigenvalue weighted by atomic mass is 10.1. The molecule has 0 bridgehead atoms. The van der Waals surface area contributed by atoms with Gasteiger partial charge < -0.3 is 11.1 Å². The van der Waals surface area contributed by atoms with Gasteiger partial charge in [0.15, 0.2) is 0 Å². The van der Waals surface area contributed by atoms with Crippen LogP contribution in [0, 0.1) is 0 Å². The van der Waals surface area contributed by atoms with E-state index < -0.39 is 6.04 Å². The van der Waals surface area contributed by atoms with Crippen LogP contribution >= 0.6 is 0 Å². The summed E-state index contributed by atoms with van der Waals surface area (Å²) < 4.78 is 0. The number of nitrogens with zero attached hydrogens (tertiary/aromatic N) is 1. The van der Waals surface area contributed by atoms with Crippen LogP contribution < -0.4 is 11.1 Å². The van der Waals surface area contributed by atoms with Crippen molar-refractivity contribution in [3.63, 3.8) is 0 Å². The molecule has 1 saturated heterocycles. The van der Waals surface area contributed by atoms with Crippen LogP contribution in [-0.2, 0) is 14.4 Å². The number of carbonyl (C=O) groups excluding carboxylic acids is 3. The van der Waals surface area contributed by atoms with Crippen LogP contribution in [0.3, 0.4) is 0 Å². The molecule has 6 nitrogen and oxygen atoms in total. The monoisotopic (exact) mass is 269 g/mol. The molecule has 0 saturated carbocycles. The van der Waals surface area contributed by atoms with Crippen molar-refractivity contribution < 1.29 is 14.4 Å². The van der Waals surface area contributed by atoms with E-state index in [-0.39, 0.29) is 36.6 Å². The van der Waals surface area contributed by atoms with Crippen molar-refractivity contribution in [1.29, 1.82) is 0 Å². The minimum absolute atomic E-state index is 0.00239. The highest BCUT2D eigenvalue weighted by Crippen LogP contribution is 2.20. The Morgan fingerprint density at radius 2 is 2.05 bits per heavy atom. The number of nitrogens with two attached hydrogens (primary N) is 1. The van der Waals surface area contributed by atoms with Crippen molar-refractivity contribution >= 4 is 17.7 Å². The summed E-state index contributed by atoms with van der Waals surface area (Å²) in [7, 11) is 0. The Labute approximate surface area is 113 Å². The predicted molar refractivity (Wildman–Crippen MR) is 71.1 cm³/mol. The molecule has 0 radical (unpaired) electrons. The number of hydrogen-bond acceptors (Lipinski definition) is 4. The number of carbonyl (C=O) groups is 3. The SMILES string of the molecule is CCC(CC)N1C(=O)CC(NCCCC(N)=O)C1=O. The summed E-state index contributed by atoms with van der Waals surface area (Å²) in [4.78, 5) is 36.0. The first-order valence-electron chi connectivity index (χ1n) is 6.88. The maximum absolute atomic E-state index is 12.2. The van der Waals surface area contributed by atoms with Crippen molar-refractivity contribution in [2.24, 2.45) is 5.73 Å². The molecule has 3 N–H and O–H groups in total. The molecule has 3 amide bonds. The first-order valence-corrected chi connectivity index (χ1v) is 6.88. The Bertz CT molecular complexity index is 353. The minimum atomic E-state index is -0.444. The lowest BCUT2D eigenvalue weighted by Crippen LogP contribution is -2.43. The summed E-state index contributed by atoms with van der Waals surface area (Å²) in [5.74, 6) is -0.599. The molecule has 0 spiro atoms. The second kappa shape index (κ2) is 7.23. The van der Waals surface area contributed by atoms with Crippen LogP contribution in [0.4, 0.5) is 0 Å². The Morgan fingerprint density at radius 3 is 2.58 bits per heavy atom. The molecule has 1 aliphatic heterocycles. The zero-order valence-corrected chi connectivity index (χ0v) is 11.6. The fourth-order valence-electron chi connectivity index (χ4n) is 2.39. The molecule has 1 unspecified atom stereocenters. The molecule has 1 heterocycles. The van der Waals surface area contributed by atoms with Gasteiger partial charge in [-0.25, -0.2) is 0 Å². The van der Waals surface area contributed by atoms with Gasteiger partial charge in [0.25, 0.3) is 0 Å². The molecule has 0 aromatic carbocycles. The first-order chi connectivity index (χ1) is 9.01. The van der Waals surface area contributed by atoms with Gasteiger partial charge >= 0.3 is 0 Å². The van der Waals surface area contributed by atoms with Gasteiger partial charge in [0, 0.05) is 12.5 Å². The topological polar surface area (TPSA) is 92.5 Å². The molecule has 0 aliphatic carbocycles. The van der Waals surface area contributed by atoms with Crippen molar-refractivity contribution in [1.82, 2.24) is 10.2 Å². The summed E-state index contributed by atoms with van der Waals surface area (Å²) in [6.07, 6.45) is 2.65. The van der Waals surface area contributed by atoms with E-state index in [1.54, 1.807) is 0 Å². The van der Waals surface area contributed by atoms with E-state index in [9.17, 15) is 14.4 Å². The quantitative estimate of drug-likeness (QED) is 0.485. The summed E-state index contributed by atoms with van der Waals surface area (Å²) in [6, 6.07) is -0.446. The van der Waals surface area contributed by atoms with Crippen LogP contribution in [0.5, 0.6) is 0 Å². The molecular weight excluding hydrogens is 246 g/mol. The van der Waals surface area contributed by atoms with E-state index in [1.807, 2.05) is 13.8 Å². The average Bonchev–Trinajstić information content (AvgIpc) is 2.64.